The Balaban J connectivity index is 0.00000228. The molecule has 0 amide bonds. The van der Waals surface area contributed by atoms with Crippen LogP contribution in [-0.2, 0) is 13.0 Å². The van der Waals surface area contributed by atoms with Crippen molar-refractivity contribution in [3.8, 4) is 45.5 Å². The molecule has 0 saturated heterocycles. The normalized spacial score (nSPS) is 13.2. The number of nitrogens with zero attached hydrogens (tertiary/aromatic N) is 1. The van der Waals surface area contributed by atoms with Gasteiger partial charge in [-0.15, -0.1) is 0 Å². The van der Waals surface area contributed by atoms with E-state index in [1.807, 2.05) is 12.1 Å². The van der Waals surface area contributed by atoms with Gasteiger partial charge >= 0.3 is 0 Å². The zero-order chi connectivity index (χ0) is 21.8. The van der Waals surface area contributed by atoms with Gasteiger partial charge in [0.2, 0.25) is 18.2 Å². The fraction of sp³-hybridized carbons (Fsp3) is 0.192. The van der Waals surface area contributed by atoms with Crippen molar-refractivity contribution in [2.45, 2.75) is 13.0 Å². The van der Waals surface area contributed by atoms with Crippen LogP contribution in [0.4, 0.5) is 0 Å². The van der Waals surface area contributed by atoms with Crippen LogP contribution < -0.4 is 35.9 Å². The largest absolute Gasteiger partial charge is 1.00 e. The van der Waals surface area contributed by atoms with E-state index in [-0.39, 0.29) is 19.2 Å². The summed E-state index contributed by atoms with van der Waals surface area (Å²) < 4.78 is 26.2. The average molecular weight is 527 g/mol. The summed E-state index contributed by atoms with van der Waals surface area (Å²) >= 11 is 3.79. The zero-order valence-corrected chi connectivity index (χ0v) is 20.5. The molecular formula is C26H21BrClNO4. The maximum atomic E-state index is 5.89. The number of aromatic nitrogens is 1. The van der Waals surface area contributed by atoms with Gasteiger partial charge in [0.05, 0.1) is 19.8 Å². The van der Waals surface area contributed by atoms with Crippen molar-refractivity contribution in [3.05, 3.63) is 64.6 Å². The van der Waals surface area contributed by atoms with E-state index in [9.17, 15) is 0 Å². The van der Waals surface area contributed by atoms with Gasteiger partial charge in [0.25, 0.3) is 0 Å². The molecular weight excluding hydrogens is 506 g/mol. The van der Waals surface area contributed by atoms with Gasteiger partial charge in [-0.25, -0.2) is 0 Å². The van der Waals surface area contributed by atoms with Gasteiger partial charge in [0, 0.05) is 27.9 Å². The van der Waals surface area contributed by atoms with Crippen molar-refractivity contribution in [2.75, 3.05) is 21.0 Å². The Bertz CT molecular complexity index is 1390. The maximum Gasteiger partial charge on any atom is 0.231 e. The van der Waals surface area contributed by atoms with Crippen LogP contribution in [0.3, 0.4) is 0 Å². The Labute approximate surface area is 206 Å². The predicted octanol–water partition coefficient (Wildman–Crippen LogP) is 2.53. The van der Waals surface area contributed by atoms with Crippen molar-refractivity contribution in [3.63, 3.8) is 0 Å². The molecule has 0 radical (unpaired) electrons. The van der Waals surface area contributed by atoms with E-state index < -0.39 is 0 Å². The second kappa shape index (κ2) is 8.43. The van der Waals surface area contributed by atoms with Crippen LogP contribution in [0.15, 0.2) is 59.1 Å². The Hall–Kier alpha value is -2.96. The van der Waals surface area contributed by atoms with Gasteiger partial charge in [-0.05, 0) is 35.9 Å². The minimum absolute atomic E-state index is 0. The number of pyridine rings is 1. The topological polar surface area (TPSA) is 40.8 Å². The maximum absolute atomic E-state index is 5.89. The highest BCUT2D eigenvalue weighted by Gasteiger charge is 2.33. The Morgan fingerprint density at radius 2 is 1.70 bits per heavy atom. The molecule has 0 fully saturated rings. The molecule has 33 heavy (non-hydrogen) atoms. The first kappa shape index (κ1) is 21.9. The summed E-state index contributed by atoms with van der Waals surface area (Å²) in [5.74, 6) is 3.05. The smallest absolute Gasteiger partial charge is 0.231 e. The number of halogens is 2. The van der Waals surface area contributed by atoms with Crippen LogP contribution >= 0.6 is 15.9 Å². The zero-order valence-electron chi connectivity index (χ0n) is 18.2. The fourth-order valence-electron chi connectivity index (χ4n) is 4.84. The van der Waals surface area contributed by atoms with Crippen molar-refractivity contribution in [2.24, 2.45) is 0 Å². The summed E-state index contributed by atoms with van der Waals surface area (Å²) in [5.41, 5.74) is 5.81. The van der Waals surface area contributed by atoms with Gasteiger partial charge in [-0.2, -0.15) is 4.57 Å². The van der Waals surface area contributed by atoms with Gasteiger partial charge in [-0.3, -0.25) is 0 Å². The summed E-state index contributed by atoms with van der Waals surface area (Å²) in [6.07, 6.45) is 0.905. The molecule has 0 spiro atoms. The summed E-state index contributed by atoms with van der Waals surface area (Å²) in [7, 11) is 3.36. The molecule has 7 heteroatoms. The number of methoxy groups -OCH3 is 2. The molecule has 0 saturated carbocycles. The number of benzene rings is 3. The lowest BCUT2D eigenvalue weighted by Crippen LogP contribution is -3.00. The van der Waals surface area contributed by atoms with Crippen molar-refractivity contribution < 1.29 is 35.9 Å². The lowest BCUT2D eigenvalue weighted by Gasteiger charge is -2.21. The SMILES string of the molecule is COc1cc(Br)c2cc3[n+](c(-c4ccccc4)c2c1OC)CCc1cc2c(cc1-3)OCO2.[Cl-]. The molecule has 168 valence electrons. The highest BCUT2D eigenvalue weighted by Crippen LogP contribution is 2.47. The minimum Gasteiger partial charge on any atom is -1.00 e. The third-order valence-corrected chi connectivity index (χ3v) is 6.92. The summed E-state index contributed by atoms with van der Waals surface area (Å²) in [6, 6.07) is 18.9. The molecule has 4 aromatic rings. The van der Waals surface area contributed by atoms with Crippen LogP contribution in [0, 0.1) is 0 Å². The molecule has 3 heterocycles. The molecule has 0 atom stereocenters. The number of aryl methyl sites for hydroxylation is 1. The van der Waals surface area contributed by atoms with Crippen molar-refractivity contribution in [1.82, 2.24) is 0 Å². The lowest BCUT2D eigenvalue weighted by atomic mass is 9.92. The fourth-order valence-corrected chi connectivity index (χ4v) is 5.36. The molecule has 6 rings (SSSR count). The van der Waals surface area contributed by atoms with E-state index in [0.717, 1.165) is 62.4 Å². The van der Waals surface area contributed by atoms with Crippen molar-refractivity contribution >= 4 is 26.7 Å². The standard InChI is InChI=1S/C26H21BrNO4.ClH/c1-29-23-13-19(27)18-11-20-17-12-22-21(31-14-32-22)10-16(17)8-9-28(20)25(24(18)26(23)30-2)15-6-4-3-5-7-15;/h3-7,10-13H,8-9,14H2,1-2H3;1H/q+1;/p-1. The second-order valence-corrected chi connectivity index (χ2v) is 8.75. The quantitative estimate of drug-likeness (QED) is 0.385. The predicted molar refractivity (Wildman–Crippen MR) is 126 cm³/mol. The van der Waals surface area contributed by atoms with Gasteiger partial charge < -0.3 is 31.4 Å². The molecule has 2 aliphatic heterocycles. The first-order chi connectivity index (χ1) is 15.7. The third kappa shape index (κ3) is 3.31. The van der Waals surface area contributed by atoms with Crippen molar-refractivity contribution in [1.29, 1.82) is 0 Å². The minimum atomic E-state index is 0. The molecule has 0 bridgehead atoms. The van der Waals surface area contributed by atoms with E-state index >= 15 is 0 Å². The number of hydrogen-bond acceptors (Lipinski definition) is 4. The van der Waals surface area contributed by atoms with Gasteiger partial charge in [-0.1, -0.05) is 34.1 Å². The van der Waals surface area contributed by atoms with Crippen LogP contribution in [0.1, 0.15) is 5.56 Å². The Kier molecular flexibility index (Phi) is 5.59. The van der Waals surface area contributed by atoms with E-state index in [4.69, 9.17) is 18.9 Å². The summed E-state index contributed by atoms with van der Waals surface area (Å²) in [5, 5.41) is 2.09. The molecule has 5 nitrogen and oxygen atoms in total. The van der Waals surface area contributed by atoms with E-state index in [1.165, 1.54) is 11.1 Å². The molecule has 2 aliphatic rings. The van der Waals surface area contributed by atoms with Gasteiger partial charge in [0.15, 0.2) is 29.5 Å². The van der Waals surface area contributed by atoms with Crippen LogP contribution in [0.25, 0.3) is 33.3 Å². The van der Waals surface area contributed by atoms with Crippen LogP contribution in [0.2, 0.25) is 0 Å². The number of hydrogen-bond donors (Lipinski definition) is 0. The molecule has 1 aromatic heterocycles. The Morgan fingerprint density at radius 1 is 0.939 bits per heavy atom. The molecule has 0 unspecified atom stereocenters. The lowest BCUT2D eigenvalue weighted by molar-refractivity contribution is -0.675. The first-order valence-electron chi connectivity index (χ1n) is 10.5. The highest BCUT2D eigenvalue weighted by atomic mass is 79.9. The monoisotopic (exact) mass is 525 g/mol. The number of fused-ring (bicyclic) bond motifs is 5. The average Bonchev–Trinajstić information content (AvgIpc) is 3.29. The molecule has 0 aliphatic carbocycles. The third-order valence-electron chi connectivity index (χ3n) is 6.26. The van der Waals surface area contributed by atoms with E-state index in [2.05, 4.69) is 63.0 Å². The van der Waals surface area contributed by atoms with E-state index in [1.54, 1.807) is 14.2 Å². The number of rotatable bonds is 3. The highest BCUT2D eigenvalue weighted by molar-refractivity contribution is 9.10. The first-order valence-corrected chi connectivity index (χ1v) is 11.3. The van der Waals surface area contributed by atoms with Crippen LogP contribution in [0.5, 0.6) is 23.0 Å². The summed E-state index contributed by atoms with van der Waals surface area (Å²) in [4.78, 5) is 0. The Morgan fingerprint density at radius 3 is 2.42 bits per heavy atom. The second-order valence-electron chi connectivity index (χ2n) is 7.89. The molecule has 3 aromatic carbocycles. The van der Waals surface area contributed by atoms with Gasteiger partial charge in [0.1, 0.15) is 5.39 Å². The summed E-state index contributed by atoms with van der Waals surface area (Å²) in [6.45, 7) is 1.12. The molecule has 0 N–H and O–H groups in total. The number of ether oxygens (including phenoxy) is 4. The van der Waals surface area contributed by atoms with E-state index in [0.29, 0.717) is 5.75 Å². The van der Waals surface area contributed by atoms with Crippen LogP contribution in [-0.4, -0.2) is 21.0 Å².